The lowest BCUT2D eigenvalue weighted by Gasteiger charge is -2.50. The van der Waals surface area contributed by atoms with Gasteiger partial charge in [-0.25, -0.2) is 0 Å². The third-order valence-corrected chi connectivity index (χ3v) is 11.8. The number of hydrogen-bond donors (Lipinski definition) is 3. The summed E-state index contributed by atoms with van der Waals surface area (Å²) < 4.78 is 12.3. The summed E-state index contributed by atoms with van der Waals surface area (Å²) in [5.74, 6) is 0.882. The number of aliphatic hydroxyl groups excluding tert-OH is 1. The molecule has 0 saturated carbocycles. The zero-order valence-electron chi connectivity index (χ0n) is 30.9. The van der Waals surface area contributed by atoms with Crippen LogP contribution in [0.2, 0.25) is 0 Å². The van der Waals surface area contributed by atoms with Crippen molar-refractivity contribution in [2.24, 2.45) is 5.92 Å². The number of nitrogens with one attached hydrogen (secondary N) is 1. The summed E-state index contributed by atoms with van der Waals surface area (Å²) in [7, 11) is 0. The van der Waals surface area contributed by atoms with Gasteiger partial charge in [-0.3, -0.25) is 19.3 Å². The van der Waals surface area contributed by atoms with E-state index < -0.39 is 11.5 Å². The molecule has 1 amide bonds. The number of H-pyrrole nitrogens is 1. The van der Waals surface area contributed by atoms with Crippen LogP contribution in [0.3, 0.4) is 0 Å². The molecule has 4 saturated heterocycles. The molecule has 10 heteroatoms. The maximum Gasteiger partial charge on any atom is 0.320 e. The lowest BCUT2D eigenvalue weighted by atomic mass is 9.73. The van der Waals surface area contributed by atoms with E-state index in [0.717, 1.165) is 67.6 Å². The molecule has 5 aromatic rings. The molecule has 2 atom stereocenters. The first kappa shape index (κ1) is 36.5. The van der Waals surface area contributed by atoms with Crippen molar-refractivity contribution >= 4 is 22.8 Å². The summed E-state index contributed by atoms with van der Waals surface area (Å²) in [6.07, 6.45) is 3.67. The molecule has 1 aromatic heterocycles. The number of aromatic amines is 1. The molecule has 0 spiro atoms. The first-order valence-electron chi connectivity index (χ1n) is 19.3. The number of esters is 1. The molecule has 9 rings (SSSR count). The molecule has 3 N–H and O–H groups in total. The fraction of sp³-hybridized carbons (Fsp3) is 0.356. The van der Waals surface area contributed by atoms with Crippen LogP contribution in [0.25, 0.3) is 10.9 Å². The Bertz CT molecular complexity index is 2190. The lowest BCUT2D eigenvalue weighted by molar-refractivity contribution is -0.175. The second-order valence-corrected chi connectivity index (χ2v) is 15.4. The van der Waals surface area contributed by atoms with Crippen LogP contribution in [0.1, 0.15) is 59.6 Å². The Hall–Kier alpha value is -5.45. The van der Waals surface area contributed by atoms with Gasteiger partial charge in [-0.1, -0.05) is 72.8 Å². The van der Waals surface area contributed by atoms with Gasteiger partial charge in [-0.2, -0.15) is 0 Å². The maximum atomic E-state index is 13.8. The molecule has 2 bridgehead atoms. The van der Waals surface area contributed by atoms with E-state index in [1.807, 2.05) is 66.7 Å². The maximum absolute atomic E-state index is 13.8. The van der Waals surface area contributed by atoms with Gasteiger partial charge in [-0.05, 0) is 103 Å². The van der Waals surface area contributed by atoms with Crippen LogP contribution in [0.4, 0.5) is 0 Å². The number of carbonyl (C=O) groups excluding carboxylic acids is 2. The van der Waals surface area contributed by atoms with Crippen molar-refractivity contribution < 1.29 is 29.3 Å². The number of pyridine rings is 1. The number of aromatic nitrogens is 1. The molecule has 0 unspecified atom stereocenters. The van der Waals surface area contributed by atoms with Crippen molar-refractivity contribution in [3.05, 3.63) is 141 Å². The molecular weight excluding hydrogens is 695 g/mol. The van der Waals surface area contributed by atoms with E-state index in [1.165, 1.54) is 12.1 Å². The number of carbonyl (C=O) groups is 2. The van der Waals surface area contributed by atoms with Gasteiger partial charge in [0.1, 0.15) is 29.6 Å². The highest BCUT2D eigenvalue weighted by Gasteiger charge is 2.54. The van der Waals surface area contributed by atoms with Crippen LogP contribution in [0.5, 0.6) is 11.5 Å². The van der Waals surface area contributed by atoms with E-state index in [9.17, 15) is 24.6 Å². The zero-order chi connectivity index (χ0) is 37.9. The number of ether oxygens (including phenoxy) is 2. The summed E-state index contributed by atoms with van der Waals surface area (Å²) >= 11 is 0. The van der Waals surface area contributed by atoms with Gasteiger partial charge in [0.25, 0.3) is 0 Å². The molecule has 284 valence electrons. The van der Waals surface area contributed by atoms with Crippen LogP contribution < -0.4 is 10.3 Å². The molecule has 0 radical (unpaired) electrons. The van der Waals surface area contributed by atoms with Crippen molar-refractivity contribution in [3.8, 4) is 11.5 Å². The Balaban J connectivity index is 0.797. The van der Waals surface area contributed by atoms with Gasteiger partial charge in [0.15, 0.2) is 0 Å². The number of piperidine rings is 3. The van der Waals surface area contributed by atoms with Gasteiger partial charge < -0.3 is 29.6 Å². The third kappa shape index (κ3) is 7.88. The van der Waals surface area contributed by atoms with Gasteiger partial charge in [0.05, 0.1) is 18.0 Å². The standard InChI is InChI=1S/C45H47N3O7/c49-38(36-17-19-39(50)43-37(36)18-20-41(51)46-43)8-4-5-30-9-11-32(12-10-30)27-54-35-15-13-31(14-16-35)25-42(52)48-28-45(29-48,34-6-2-1-3-7-34)44(53)55-40-26-47-23-21-33(40)22-24-47/h1-3,6-7,9-20,33,38,40,49-50H,4-5,8,21-29H2,(H,46,51)/t38-,40-/m0/s1. The number of phenolic OH excluding ortho intramolecular Hbond substituents is 1. The van der Waals surface area contributed by atoms with Crippen LogP contribution in [0, 0.1) is 5.92 Å². The summed E-state index contributed by atoms with van der Waals surface area (Å²) in [6, 6.07) is 31.8. The molecule has 0 aliphatic carbocycles. The number of amides is 1. The number of rotatable bonds is 13. The zero-order valence-corrected chi connectivity index (χ0v) is 30.9. The van der Waals surface area contributed by atoms with Crippen LogP contribution >= 0.6 is 0 Å². The lowest BCUT2D eigenvalue weighted by Crippen LogP contribution is -2.66. The van der Waals surface area contributed by atoms with Crippen LogP contribution in [0.15, 0.2) is 108 Å². The number of aliphatic hydroxyl groups is 1. The highest BCUT2D eigenvalue weighted by atomic mass is 16.5. The van der Waals surface area contributed by atoms with Gasteiger partial charge in [0, 0.05) is 31.1 Å². The fourth-order valence-electron chi connectivity index (χ4n) is 8.43. The molecule has 4 aromatic carbocycles. The number of nitrogens with zero attached hydrogens (tertiary/aromatic N) is 2. The van der Waals surface area contributed by atoms with Gasteiger partial charge in [0.2, 0.25) is 11.5 Å². The second-order valence-electron chi connectivity index (χ2n) is 15.4. The highest BCUT2D eigenvalue weighted by Crippen LogP contribution is 2.39. The number of phenols is 1. The summed E-state index contributed by atoms with van der Waals surface area (Å²) in [5.41, 5.74) is 3.83. The first-order chi connectivity index (χ1) is 26.7. The average Bonchev–Trinajstić information content (AvgIpc) is 3.19. The van der Waals surface area contributed by atoms with Crippen LogP contribution in [-0.2, 0) is 39.2 Å². The molecule has 4 aliphatic heterocycles. The predicted octanol–water partition coefficient (Wildman–Crippen LogP) is 5.83. The van der Waals surface area contributed by atoms with E-state index in [-0.39, 0.29) is 35.7 Å². The minimum atomic E-state index is -0.837. The molecule has 4 fully saturated rings. The van der Waals surface area contributed by atoms with Gasteiger partial charge >= 0.3 is 5.97 Å². The number of aromatic hydroxyl groups is 1. The van der Waals surface area contributed by atoms with Crippen molar-refractivity contribution in [2.45, 2.75) is 62.8 Å². The number of aryl methyl sites for hydroxylation is 1. The third-order valence-electron chi connectivity index (χ3n) is 11.8. The largest absolute Gasteiger partial charge is 0.506 e. The molecule has 5 heterocycles. The Kier molecular flexibility index (Phi) is 10.4. The monoisotopic (exact) mass is 741 g/mol. The number of fused-ring (bicyclic) bond motifs is 4. The molecular formula is C45H47N3O7. The fourth-order valence-corrected chi connectivity index (χ4v) is 8.43. The Morgan fingerprint density at radius 1 is 0.855 bits per heavy atom. The van der Waals surface area contributed by atoms with E-state index in [1.54, 1.807) is 17.0 Å². The van der Waals surface area contributed by atoms with Gasteiger partial charge in [-0.15, -0.1) is 0 Å². The Labute approximate surface area is 320 Å². The molecule has 4 aliphatic rings. The second kappa shape index (κ2) is 15.7. The highest BCUT2D eigenvalue weighted by molar-refractivity contribution is 5.90. The summed E-state index contributed by atoms with van der Waals surface area (Å²) in [6.45, 7) is 4.00. The number of hydrogen-bond acceptors (Lipinski definition) is 8. The van der Waals surface area contributed by atoms with Crippen LogP contribution in [-0.4, -0.2) is 75.7 Å². The minimum Gasteiger partial charge on any atom is -0.506 e. The van der Waals surface area contributed by atoms with E-state index in [4.69, 9.17) is 9.47 Å². The molecule has 55 heavy (non-hydrogen) atoms. The topological polar surface area (TPSA) is 132 Å². The molecule has 10 nitrogen and oxygen atoms in total. The van der Waals surface area contributed by atoms with Crippen molar-refractivity contribution in [2.75, 3.05) is 32.7 Å². The Morgan fingerprint density at radius 3 is 2.27 bits per heavy atom. The number of benzene rings is 4. The van der Waals surface area contributed by atoms with E-state index in [0.29, 0.717) is 54.3 Å². The van der Waals surface area contributed by atoms with Crippen molar-refractivity contribution in [1.82, 2.24) is 14.8 Å². The summed E-state index contributed by atoms with van der Waals surface area (Å²) in [5, 5.41) is 21.7. The quantitative estimate of drug-likeness (QED) is 0.129. The van der Waals surface area contributed by atoms with Crippen molar-refractivity contribution in [1.29, 1.82) is 0 Å². The normalized spacial score (nSPS) is 20.5. The smallest absolute Gasteiger partial charge is 0.320 e. The minimum absolute atomic E-state index is 0.0168. The van der Waals surface area contributed by atoms with E-state index in [2.05, 4.69) is 22.0 Å². The van der Waals surface area contributed by atoms with E-state index >= 15 is 0 Å². The predicted molar refractivity (Wildman–Crippen MR) is 209 cm³/mol. The summed E-state index contributed by atoms with van der Waals surface area (Å²) in [4.78, 5) is 45.7. The number of likely N-dealkylation sites (tertiary alicyclic amines) is 1. The Morgan fingerprint density at radius 2 is 1.56 bits per heavy atom. The average molecular weight is 742 g/mol. The first-order valence-corrected chi connectivity index (χ1v) is 19.3. The van der Waals surface area contributed by atoms with Crippen molar-refractivity contribution in [3.63, 3.8) is 0 Å². The SMILES string of the molecule is O=C(Cc1ccc(OCc2ccc(CCC[C@H](O)c3ccc(O)c4[nH]c(=O)ccc34)cc2)cc1)N1CC(C(=O)O[C@H]2CN3CCC2CC3)(c2ccccc2)C1.